The fraction of sp³-hybridized carbons (Fsp3) is 0.429. The lowest BCUT2D eigenvalue weighted by molar-refractivity contribution is -0.117. The van der Waals surface area contributed by atoms with Gasteiger partial charge in [0, 0.05) is 42.9 Å². The predicted octanol–water partition coefficient (Wildman–Crippen LogP) is 5.19. The summed E-state index contributed by atoms with van der Waals surface area (Å²) in [5.41, 5.74) is 5.21. The number of anilines is 2. The van der Waals surface area contributed by atoms with Gasteiger partial charge in [-0.15, -0.1) is 10.2 Å². The number of nitrogens with zero attached hydrogens (tertiary/aromatic N) is 7. The standard InChI is InChI=1S/C28H30N8OS/c1-17(2)32-23-10-24(25-5-4-21-9-20(12-29)13-31-36(21)25)30-14-22(23)26-33-34-27(38-26)35-15-28(16-35)7-6-19(11-28)8-18(3)37/h4-5,9-10,13-14,17,19H,6-8,11,15-16H2,1-3H3,(H,30,32). The fourth-order valence-corrected chi connectivity index (χ4v) is 6.86. The van der Waals surface area contributed by atoms with Crippen LogP contribution in [0.15, 0.2) is 36.7 Å². The van der Waals surface area contributed by atoms with E-state index >= 15 is 0 Å². The first-order valence-corrected chi connectivity index (χ1v) is 13.9. The maximum atomic E-state index is 11.6. The highest BCUT2D eigenvalue weighted by molar-refractivity contribution is 7.18. The average Bonchev–Trinajstić information content (AvgIpc) is 3.60. The molecule has 0 amide bonds. The van der Waals surface area contributed by atoms with Gasteiger partial charge in [-0.2, -0.15) is 10.4 Å². The molecule has 9 nitrogen and oxygen atoms in total. The van der Waals surface area contributed by atoms with Gasteiger partial charge in [-0.1, -0.05) is 11.3 Å². The van der Waals surface area contributed by atoms with Crippen LogP contribution < -0.4 is 10.2 Å². The average molecular weight is 527 g/mol. The Morgan fingerprint density at radius 3 is 2.87 bits per heavy atom. The maximum absolute atomic E-state index is 11.6. The monoisotopic (exact) mass is 526 g/mol. The first kappa shape index (κ1) is 24.5. The van der Waals surface area contributed by atoms with E-state index < -0.39 is 0 Å². The van der Waals surface area contributed by atoms with E-state index in [0.717, 1.165) is 70.6 Å². The summed E-state index contributed by atoms with van der Waals surface area (Å²) in [4.78, 5) is 18.6. The molecule has 1 aliphatic carbocycles. The van der Waals surface area contributed by atoms with Crippen LogP contribution in [0.3, 0.4) is 0 Å². The minimum atomic E-state index is 0.220. The molecule has 1 aliphatic heterocycles. The molecule has 1 atom stereocenters. The number of aromatic nitrogens is 5. The maximum Gasteiger partial charge on any atom is 0.208 e. The highest BCUT2D eigenvalue weighted by Gasteiger charge is 2.49. The number of carbonyl (C=O) groups is 1. The number of ketones is 1. The molecule has 1 saturated heterocycles. The Kier molecular flexibility index (Phi) is 6.11. The molecule has 1 unspecified atom stereocenters. The highest BCUT2D eigenvalue weighted by atomic mass is 32.1. The van der Waals surface area contributed by atoms with Crippen LogP contribution in [0.1, 0.15) is 52.0 Å². The Morgan fingerprint density at radius 2 is 2.11 bits per heavy atom. The number of pyridine rings is 1. The summed E-state index contributed by atoms with van der Waals surface area (Å²) in [6.45, 7) is 7.90. The van der Waals surface area contributed by atoms with Crippen molar-refractivity contribution in [3.8, 4) is 28.0 Å². The highest BCUT2D eigenvalue weighted by Crippen LogP contribution is 2.51. The lowest BCUT2D eigenvalue weighted by Gasteiger charge is -2.48. The van der Waals surface area contributed by atoms with Crippen LogP contribution in [0.5, 0.6) is 0 Å². The molecule has 1 saturated carbocycles. The van der Waals surface area contributed by atoms with Gasteiger partial charge in [0.1, 0.15) is 11.9 Å². The van der Waals surface area contributed by atoms with Crippen molar-refractivity contribution in [2.75, 3.05) is 23.3 Å². The molecular formula is C28H30N8OS. The van der Waals surface area contributed by atoms with Crippen LogP contribution in [0.2, 0.25) is 0 Å². The van der Waals surface area contributed by atoms with Gasteiger partial charge in [-0.05, 0) is 70.2 Å². The zero-order chi connectivity index (χ0) is 26.4. The van der Waals surface area contributed by atoms with Gasteiger partial charge in [0.2, 0.25) is 5.13 Å². The normalized spacial score (nSPS) is 18.2. The summed E-state index contributed by atoms with van der Waals surface area (Å²) in [5, 5.41) is 28.0. The van der Waals surface area contributed by atoms with Gasteiger partial charge < -0.3 is 15.0 Å². The molecule has 0 aromatic carbocycles. The Labute approximate surface area is 225 Å². The van der Waals surface area contributed by atoms with Gasteiger partial charge in [0.05, 0.1) is 34.2 Å². The smallest absolute Gasteiger partial charge is 0.208 e. The second-order valence-corrected chi connectivity index (χ2v) is 12.0. The molecular weight excluding hydrogens is 496 g/mol. The number of nitriles is 1. The Balaban J connectivity index is 1.24. The third kappa shape index (κ3) is 4.52. The summed E-state index contributed by atoms with van der Waals surface area (Å²) in [7, 11) is 0. The van der Waals surface area contributed by atoms with Crippen LogP contribution in [0.4, 0.5) is 10.8 Å². The minimum absolute atomic E-state index is 0.220. The molecule has 2 fully saturated rings. The van der Waals surface area contributed by atoms with Crippen LogP contribution in [0.25, 0.3) is 27.5 Å². The second-order valence-electron chi connectivity index (χ2n) is 11.1. The van der Waals surface area contributed by atoms with Crippen molar-refractivity contribution in [3.05, 3.63) is 42.2 Å². The van der Waals surface area contributed by atoms with E-state index in [-0.39, 0.29) is 6.04 Å². The van der Waals surface area contributed by atoms with Gasteiger partial charge in [-0.3, -0.25) is 4.98 Å². The van der Waals surface area contributed by atoms with Gasteiger partial charge in [0.15, 0.2) is 5.01 Å². The number of hydrogen-bond donors (Lipinski definition) is 1. The number of rotatable bonds is 7. The van der Waals surface area contributed by atoms with Crippen LogP contribution in [-0.2, 0) is 4.79 Å². The first-order chi connectivity index (χ1) is 18.3. The van der Waals surface area contributed by atoms with Crippen LogP contribution >= 0.6 is 11.3 Å². The van der Waals surface area contributed by atoms with E-state index in [1.807, 2.05) is 30.5 Å². The van der Waals surface area contributed by atoms with Crippen molar-refractivity contribution in [1.29, 1.82) is 5.26 Å². The summed E-state index contributed by atoms with van der Waals surface area (Å²) in [6.07, 6.45) is 7.63. The number of hydrogen-bond acceptors (Lipinski definition) is 9. The van der Waals surface area contributed by atoms with Crippen LogP contribution in [0, 0.1) is 22.7 Å². The number of fused-ring (bicyclic) bond motifs is 1. The molecule has 2 aliphatic rings. The Bertz CT molecular complexity index is 1560. The van der Waals surface area contributed by atoms with E-state index in [2.05, 4.69) is 45.4 Å². The third-order valence-corrected chi connectivity index (χ3v) is 8.61. The minimum Gasteiger partial charge on any atom is -0.382 e. The molecule has 1 spiro atoms. The Morgan fingerprint density at radius 1 is 1.26 bits per heavy atom. The number of nitrogens with one attached hydrogen (secondary N) is 1. The lowest BCUT2D eigenvalue weighted by atomic mass is 9.77. The zero-order valence-corrected chi connectivity index (χ0v) is 22.6. The quantitative estimate of drug-likeness (QED) is 0.350. The summed E-state index contributed by atoms with van der Waals surface area (Å²) < 4.78 is 1.80. The van der Waals surface area contributed by atoms with Crippen molar-refractivity contribution in [3.63, 3.8) is 0 Å². The van der Waals surface area contributed by atoms with E-state index in [1.165, 1.54) is 6.42 Å². The zero-order valence-electron chi connectivity index (χ0n) is 21.8. The molecule has 6 rings (SSSR count). The first-order valence-electron chi connectivity index (χ1n) is 13.1. The molecule has 194 valence electrons. The molecule has 0 radical (unpaired) electrons. The van der Waals surface area contributed by atoms with Crippen molar-refractivity contribution in [1.82, 2.24) is 24.8 Å². The van der Waals surface area contributed by atoms with E-state index in [9.17, 15) is 10.1 Å². The fourth-order valence-electron chi connectivity index (χ4n) is 6.00. The van der Waals surface area contributed by atoms with Gasteiger partial charge in [0.25, 0.3) is 0 Å². The molecule has 5 heterocycles. The topological polar surface area (TPSA) is 112 Å². The van der Waals surface area contributed by atoms with Crippen molar-refractivity contribution < 1.29 is 4.79 Å². The Hall–Kier alpha value is -3.84. The van der Waals surface area contributed by atoms with Crippen molar-refractivity contribution in [2.24, 2.45) is 11.3 Å². The molecule has 10 heteroatoms. The molecule has 4 aromatic rings. The molecule has 4 aromatic heterocycles. The lowest BCUT2D eigenvalue weighted by Crippen LogP contribution is -2.55. The summed E-state index contributed by atoms with van der Waals surface area (Å²) >= 11 is 1.60. The summed E-state index contributed by atoms with van der Waals surface area (Å²) in [5.74, 6) is 0.840. The van der Waals surface area contributed by atoms with Crippen molar-refractivity contribution >= 4 is 33.5 Å². The number of Topliss-reactive ketones (excluding diaryl/α,β-unsaturated/α-hetero) is 1. The molecule has 38 heavy (non-hydrogen) atoms. The van der Waals surface area contributed by atoms with Gasteiger partial charge >= 0.3 is 0 Å². The van der Waals surface area contributed by atoms with E-state index in [0.29, 0.717) is 22.7 Å². The van der Waals surface area contributed by atoms with Crippen molar-refractivity contribution in [2.45, 2.75) is 52.5 Å². The largest absolute Gasteiger partial charge is 0.382 e. The summed E-state index contributed by atoms with van der Waals surface area (Å²) in [6, 6.07) is 10.1. The number of carbonyl (C=O) groups excluding carboxylic acids is 1. The molecule has 1 N–H and O–H groups in total. The van der Waals surface area contributed by atoms with Gasteiger partial charge in [-0.25, -0.2) is 4.52 Å². The van der Waals surface area contributed by atoms with Crippen LogP contribution in [-0.4, -0.2) is 49.7 Å². The molecule has 0 bridgehead atoms. The third-order valence-electron chi connectivity index (χ3n) is 7.59. The van der Waals surface area contributed by atoms with E-state index in [1.54, 1.807) is 29.0 Å². The second kappa shape index (κ2) is 9.48. The SMILES string of the molecule is CC(=O)CC1CCC2(C1)CN(c1nnc(-c3cnc(-c4ccc5cc(C#N)cnn45)cc3NC(C)C)s1)C2. The predicted molar refractivity (Wildman–Crippen MR) is 148 cm³/mol. The van der Waals surface area contributed by atoms with E-state index in [4.69, 9.17) is 4.98 Å².